The van der Waals surface area contributed by atoms with Crippen LogP contribution in [0.15, 0.2) is 42.9 Å². The zero-order chi connectivity index (χ0) is 24.6. The van der Waals surface area contributed by atoms with E-state index in [-0.39, 0.29) is 12.8 Å². The van der Waals surface area contributed by atoms with Crippen molar-refractivity contribution in [3.63, 3.8) is 0 Å². The molecule has 4 heterocycles. The van der Waals surface area contributed by atoms with Crippen molar-refractivity contribution in [3.05, 3.63) is 60.0 Å². The Bertz CT molecular complexity index is 1050. The topological polar surface area (TPSA) is 65.7 Å². The summed E-state index contributed by atoms with van der Waals surface area (Å²) in [5.74, 6) is 0. The molecule has 2 fully saturated rings. The lowest BCUT2D eigenvalue weighted by Crippen LogP contribution is -2.12. The van der Waals surface area contributed by atoms with Gasteiger partial charge in [0.25, 0.3) is 0 Å². The number of halogens is 3. The van der Waals surface area contributed by atoms with Crippen LogP contribution in [0.3, 0.4) is 0 Å². The smallest absolute Gasteiger partial charge is 0.381 e. The maximum absolute atomic E-state index is 12.4. The Morgan fingerprint density at radius 2 is 1.79 bits per heavy atom. The highest BCUT2D eigenvalue weighted by Gasteiger charge is 2.31. The van der Waals surface area contributed by atoms with Gasteiger partial charge in [0.2, 0.25) is 0 Å². The first-order chi connectivity index (χ1) is 16.3. The summed E-state index contributed by atoms with van der Waals surface area (Å²) in [6.07, 6.45) is 7.57. The lowest BCUT2D eigenvalue weighted by molar-refractivity contribution is -0.0935. The molecule has 0 radical (unpaired) electrons. The average Bonchev–Trinajstić information content (AvgIpc) is 3.53. The average molecular weight is 476 g/mol. The highest BCUT2D eigenvalue weighted by Crippen LogP contribution is 2.33. The summed E-state index contributed by atoms with van der Waals surface area (Å²) in [5, 5.41) is 4.09. The largest absolute Gasteiger partial charge is 0.412 e. The van der Waals surface area contributed by atoms with E-state index in [9.17, 15) is 13.2 Å². The van der Waals surface area contributed by atoms with Gasteiger partial charge in [-0.3, -0.25) is 9.67 Å². The van der Waals surface area contributed by atoms with E-state index in [1.54, 1.807) is 6.07 Å². The molecule has 0 bridgehead atoms. The van der Waals surface area contributed by atoms with E-state index >= 15 is 0 Å². The summed E-state index contributed by atoms with van der Waals surface area (Å²) in [6.45, 7) is 8.72. The molecule has 0 amide bonds. The lowest BCUT2D eigenvalue weighted by atomic mass is 10.1. The number of pyridine rings is 1. The van der Waals surface area contributed by atoms with Gasteiger partial charge in [-0.1, -0.05) is 6.58 Å². The van der Waals surface area contributed by atoms with Crippen LogP contribution < -0.4 is 0 Å². The van der Waals surface area contributed by atoms with Gasteiger partial charge in [-0.15, -0.1) is 0 Å². The number of ether oxygens (including phenoxy) is 1. The molecular weight excluding hydrogens is 443 g/mol. The van der Waals surface area contributed by atoms with Gasteiger partial charge >= 0.3 is 6.18 Å². The fourth-order valence-electron chi connectivity index (χ4n) is 3.32. The number of rotatable bonds is 4. The molecule has 0 spiro atoms. The number of aromatic nitrogens is 5. The van der Waals surface area contributed by atoms with Gasteiger partial charge in [-0.05, 0) is 70.9 Å². The molecule has 3 aromatic heterocycles. The summed E-state index contributed by atoms with van der Waals surface area (Å²) in [7, 11) is 0. The lowest BCUT2D eigenvalue weighted by Gasteiger charge is -2.10. The monoisotopic (exact) mass is 475 g/mol. The van der Waals surface area contributed by atoms with Crippen molar-refractivity contribution in [2.75, 3.05) is 13.2 Å². The number of allylic oxidation sites excluding steroid dienone is 1. The van der Waals surface area contributed by atoms with E-state index in [1.165, 1.54) is 38.3 Å². The van der Waals surface area contributed by atoms with Crippen molar-refractivity contribution >= 4 is 11.0 Å². The number of fused-ring (bicyclic) bond motifs is 1. The van der Waals surface area contributed by atoms with Crippen LogP contribution in [0.5, 0.6) is 0 Å². The van der Waals surface area contributed by atoms with E-state index in [4.69, 9.17) is 4.74 Å². The second kappa shape index (κ2) is 12.1. The second-order valence-electron chi connectivity index (χ2n) is 8.51. The molecule has 0 N–H and O–H groups in total. The van der Waals surface area contributed by atoms with Crippen LogP contribution in [0.2, 0.25) is 0 Å². The maximum atomic E-state index is 12.4. The molecule has 5 rings (SSSR count). The zero-order valence-electron chi connectivity index (χ0n) is 19.8. The van der Waals surface area contributed by atoms with Crippen molar-refractivity contribution < 1.29 is 17.9 Å². The van der Waals surface area contributed by atoms with Crippen LogP contribution in [0, 0.1) is 13.8 Å². The molecule has 34 heavy (non-hydrogen) atoms. The molecule has 1 aliphatic heterocycles. The van der Waals surface area contributed by atoms with E-state index < -0.39 is 11.7 Å². The molecular formula is C25H32F3N5O. The normalized spacial score (nSPS) is 15.7. The first kappa shape index (κ1) is 25.8. The van der Waals surface area contributed by atoms with Crippen LogP contribution in [0.1, 0.15) is 61.6 Å². The Labute approximate surface area is 198 Å². The third-order valence-electron chi connectivity index (χ3n) is 5.66. The molecule has 6 nitrogen and oxygen atoms in total. The molecule has 9 heteroatoms. The highest BCUT2D eigenvalue weighted by molar-refractivity contribution is 5.76. The third-order valence-corrected chi connectivity index (χ3v) is 5.66. The fourth-order valence-corrected chi connectivity index (χ4v) is 3.32. The molecule has 2 aliphatic rings. The number of alkyl halides is 3. The third kappa shape index (κ3) is 7.90. The van der Waals surface area contributed by atoms with Gasteiger partial charge in [-0.2, -0.15) is 18.3 Å². The van der Waals surface area contributed by atoms with Gasteiger partial charge in [0, 0.05) is 37.4 Å². The summed E-state index contributed by atoms with van der Waals surface area (Å²) in [5.41, 5.74) is 2.52. The highest BCUT2D eigenvalue weighted by atomic mass is 19.4. The minimum Gasteiger partial charge on any atom is -0.381 e. The molecule has 1 aliphatic carbocycles. The van der Waals surface area contributed by atoms with Crippen molar-refractivity contribution in [2.24, 2.45) is 0 Å². The van der Waals surface area contributed by atoms with Gasteiger partial charge in [0.05, 0.1) is 28.6 Å². The van der Waals surface area contributed by atoms with E-state index in [0.717, 1.165) is 30.6 Å². The summed E-state index contributed by atoms with van der Waals surface area (Å²) < 4.78 is 44.4. The summed E-state index contributed by atoms with van der Waals surface area (Å²) in [4.78, 5) is 12.9. The minimum absolute atomic E-state index is 0.146. The van der Waals surface area contributed by atoms with Crippen LogP contribution in [0.25, 0.3) is 11.0 Å². The first-order valence-corrected chi connectivity index (χ1v) is 11.7. The Hall–Kier alpha value is -2.81. The second-order valence-corrected chi connectivity index (χ2v) is 8.51. The van der Waals surface area contributed by atoms with E-state index in [2.05, 4.69) is 26.6 Å². The standard InChI is InChI=1S/C14H14F3N3.C6H8N2.C5H10O/c1-8(14(15,16)17)4-5-11-13-12(6-7-18-11)19-9(2)10(3)20-13;1-4-7-8(5-1)6-2-3-6;1-2-4-6-5-3-1/h6-7H,1,4-5H2,2-3H3;1,4-6H,2-3H2;1-5H2. The summed E-state index contributed by atoms with van der Waals surface area (Å²) in [6, 6.07) is 4.42. The molecule has 184 valence electrons. The minimum atomic E-state index is -4.36. The molecule has 0 aromatic carbocycles. The fraction of sp³-hybridized carbons (Fsp3) is 0.520. The summed E-state index contributed by atoms with van der Waals surface area (Å²) >= 11 is 0. The van der Waals surface area contributed by atoms with E-state index in [1.807, 2.05) is 37.0 Å². The van der Waals surface area contributed by atoms with Gasteiger partial charge in [0.15, 0.2) is 0 Å². The van der Waals surface area contributed by atoms with Crippen LogP contribution >= 0.6 is 0 Å². The SMILES string of the molecule is C1CCOCC1.C=C(CCc1nccc2nc(C)c(C)nc12)C(F)(F)F.c1cnn(C2CC2)c1. The quantitative estimate of drug-likeness (QED) is 0.427. The predicted molar refractivity (Wildman–Crippen MR) is 125 cm³/mol. The number of aryl methyl sites for hydroxylation is 3. The molecule has 0 unspecified atom stereocenters. The van der Waals surface area contributed by atoms with Gasteiger partial charge < -0.3 is 4.74 Å². The molecule has 1 saturated carbocycles. The van der Waals surface area contributed by atoms with Crippen LogP contribution in [-0.2, 0) is 11.2 Å². The Balaban J connectivity index is 0.000000185. The van der Waals surface area contributed by atoms with Crippen molar-refractivity contribution in [2.45, 2.75) is 71.0 Å². The van der Waals surface area contributed by atoms with Crippen LogP contribution in [-0.4, -0.2) is 44.1 Å². The van der Waals surface area contributed by atoms with Crippen molar-refractivity contribution in [1.82, 2.24) is 24.7 Å². The van der Waals surface area contributed by atoms with Gasteiger partial charge in [0.1, 0.15) is 5.52 Å². The van der Waals surface area contributed by atoms with Gasteiger partial charge in [-0.25, -0.2) is 9.97 Å². The number of nitrogens with zero attached hydrogens (tertiary/aromatic N) is 5. The van der Waals surface area contributed by atoms with E-state index in [0.29, 0.717) is 16.7 Å². The molecule has 1 saturated heterocycles. The zero-order valence-corrected chi connectivity index (χ0v) is 19.8. The first-order valence-electron chi connectivity index (χ1n) is 11.7. The number of hydrogen-bond donors (Lipinski definition) is 0. The number of hydrogen-bond acceptors (Lipinski definition) is 5. The van der Waals surface area contributed by atoms with Crippen LogP contribution in [0.4, 0.5) is 13.2 Å². The Kier molecular flexibility index (Phi) is 9.15. The Morgan fingerprint density at radius 1 is 1.09 bits per heavy atom. The maximum Gasteiger partial charge on any atom is 0.412 e. The predicted octanol–water partition coefficient (Wildman–Crippen LogP) is 6.10. The van der Waals surface area contributed by atoms with Crippen molar-refractivity contribution in [3.8, 4) is 0 Å². The van der Waals surface area contributed by atoms with Crippen molar-refractivity contribution in [1.29, 1.82) is 0 Å². The Morgan fingerprint density at radius 3 is 2.32 bits per heavy atom. The molecule has 0 atom stereocenters. The molecule has 3 aromatic rings.